The molecule has 1 atom stereocenters. The van der Waals surface area contributed by atoms with Crippen LogP contribution in [0.15, 0.2) is 78.9 Å². The van der Waals surface area contributed by atoms with E-state index in [1.165, 1.54) is 0 Å². The third-order valence-corrected chi connectivity index (χ3v) is 5.03. The minimum Gasteiger partial charge on any atom is -0.489 e. The minimum absolute atomic E-state index is 0.0128. The zero-order chi connectivity index (χ0) is 25.9. The SMILES string of the molecule is N=C(N)c1ccc(OCc2cccc(C(=O)NCC(NC(=O)OCc3ccccc3)C(=O)O)c2)cc1. The number of nitrogens with one attached hydrogen (secondary N) is 3. The number of benzene rings is 3. The van der Waals surface area contributed by atoms with Crippen molar-refractivity contribution in [3.63, 3.8) is 0 Å². The van der Waals surface area contributed by atoms with Crippen molar-refractivity contribution in [3.8, 4) is 5.75 Å². The first kappa shape index (κ1) is 25.8. The lowest BCUT2D eigenvalue weighted by molar-refractivity contribution is -0.139. The predicted octanol–water partition coefficient (Wildman–Crippen LogP) is 2.66. The molecule has 0 aromatic heterocycles. The summed E-state index contributed by atoms with van der Waals surface area (Å²) in [6, 6.07) is 21.0. The van der Waals surface area contributed by atoms with E-state index in [0.717, 1.165) is 11.1 Å². The number of amides is 2. The van der Waals surface area contributed by atoms with Crippen LogP contribution in [0.1, 0.15) is 27.0 Å². The van der Waals surface area contributed by atoms with Gasteiger partial charge in [-0.15, -0.1) is 0 Å². The number of aliphatic carboxylic acids is 1. The summed E-state index contributed by atoms with van der Waals surface area (Å²) in [7, 11) is 0. The van der Waals surface area contributed by atoms with Crippen molar-refractivity contribution in [1.82, 2.24) is 10.6 Å². The Labute approximate surface area is 207 Å². The highest BCUT2D eigenvalue weighted by atomic mass is 16.5. The molecule has 36 heavy (non-hydrogen) atoms. The molecule has 0 aliphatic rings. The number of carbonyl (C=O) groups excluding carboxylic acids is 2. The Morgan fingerprint density at radius 2 is 1.58 bits per heavy atom. The lowest BCUT2D eigenvalue weighted by Crippen LogP contribution is -2.48. The van der Waals surface area contributed by atoms with Gasteiger partial charge < -0.3 is 30.9 Å². The van der Waals surface area contributed by atoms with Crippen LogP contribution in [-0.4, -0.2) is 41.5 Å². The molecule has 2 amide bonds. The molecule has 3 rings (SSSR count). The molecule has 0 bridgehead atoms. The summed E-state index contributed by atoms with van der Waals surface area (Å²) >= 11 is 0. The van der Waals surface area contributed by atoms with Crippen molar-refractivity contribution in [2.45, 2.75) is 19.3 Å². The summed E-state index contributed by atoms with van der Waals surface area (Å²) in [5, 5.41) is 21.6. The minimum atomic E-state index is -1.37. The van der Waals surface area contributed by atoms with Gasteiger partial charge in [0.25, 0.3) is 5.91 Å². The van der Waals surface area contributed by atoms with Crippen molar-refractivity contribution < 1.29 is 29.0 Å². The van der Waals surface area contributed by atoms with Crippen LogP contribution in [0.5, 0.6) is 5.75 Å². The van der Waals surface area contributed by atoms with Crippen LogP contribution in [0.25, 0.3) is 0 Å². The van der Waals surface area contributed by atoms with Gasteiger partial charge in [0.15, 0.2) is 0 Å². The molecular formula is C26H26N4O6. The maximum atomic E-state index is 12.6. The van der Waals surface area contributed by atoms with Crippen LogP contribution in [0.3, 0.4) is 0 Å². The smallest absolute Gasteiger partial charge is 0.408 e. The van der Waals surface area contributed by atoms with Gasteiger partial charge in [-0.3, -0.25) is 10.2 Å². The molecule has 3 aromatic rings. The number of hydrogen-bond donors (Lipinski definition) is 5. The van der Waals surface area contributed by atoms with E-state index in [9.17, 15) is 19.5 Å². The number of carbonyl (C=O) groups is 3. The second-order valence-electron chi connectivity index (χ2n) is 7.73. The highest BCUT2D eigenvalue weighted by molar-refractivity contribution is 5.95. The zero-order valence-corrected chi connectivity index (χ0v) is 19.3. The van der Waals surface area contributed by atoms with Gasteiger partial charge in [0.1, 0.15) is 30.8 Å². The molecule has 0 fully saturated rings. The standard InChI is InChI=1S/C26H26N4O6/c27-23(28)19-9-11-21(12-10-19)35-16-18-7-4-8-20(13-18)24(31)29-14-22(25(32)33)30-26(34)36-15-17-5-2-1-3-6-17/h1-13,22H,14-16H2,(H3,27,28)(H,29,31)(H,30,34)(H,32,33). The number of nitrogen functional groups attached to an aromatic ring is 1. The summed E-state index contributed by atoms with van der Waals surface area (Å²) in [4.78, 5) is 36.1. The van der Waals surface area contributed by atoms with Crippen LogP contribution < -0.4 is 21.1 Å². The molecule has 3 aromatic carbocycles. The van der Waals surface area contributed by atoms with Gasteiger partial charge in [-0.1, -0.05) is 42.5 Å². The topological polar surface area (TPSA) is 164 Å². The van der Waals surface area contributed by atoms with Gasteiger partial charge in [-0.05, 0) is 47.5 Å². The first-order chi connectivity index (χ1) is 17.3. The van der Waals surface area contributed by atoms with Crippen molar-refractivity contribution in [2.75, 3.05) is 6.54 Å². The van der Waals surface area contributed by atoms with Gasteiger partial charge >= 0.3 is 12.1 Å². The summed E-state index contributed by atoms with van der Waals surface area (Å²) in [5.74, 6) is -1.28. The van der Waals surface area contributed by atoms with Crippen molar-refractivity contribution in [2.24, 2.45) is 5.73 Å². The third kappa shape index (κ3) is 7.87. The van der Waals surface area contributed by atoms with E-state index in [-0.39, 0.29) is 25.6 Å². The normalized spacial score (nSPS) is 11.1. The van der Waals surface area contributed by atoms with E-state index in [0.29, 0.717) is 16.9 Å². The maximum absolute atomic E-state index is 12.6. The monoisotopic (exact) mass is 490 g/mol. The van der Waals surface area contributed by atoms with Gasteiger partial charge in [-0.25, -0.2) is 9.59 Å². The number of hydrogen-bond acceptors (Lipinski definition) is 6. The summed E-state index contributed by atoms with van der Waals surface area (Å²) in [6.45, 7) is -0.161. The Balaban J connectivity index is 1.50. The Morgan fingerprint density at radius 3 is 2.25 bits per heavy atom. The fraction of sp³-hybridized carbons (Fsp3) is 0.154. The number of nitrogens with two attached hydrogens (primary N) is 1. The molecule has 0 aliphatic carbocycles. The van der Waals surface area contributed by atoms with Gasteiger partial charge in [0.05, 0.1) is 0 Å². The summed E-state index contributed by atoms with van der Waals surface area (Å²) in [6.07, 6.45) is -0.906. The molecule has 0 saturated heterocycles. The second kappa shape index (κ2) is 12.6. The largest absolute Gasteiger partial charge is 0.489 e. The molecule has 0 saturated carbocycles. The Hall–Kier alpha value is -4.86. The average Bonchev–Trinajstić information content (AvgIpc) is 2.89. The highest BCUT2D eigenvalue weighted by Gasteiger charge is 2.22. The van der Waals surface area contributed by atoms with Crippen molar-refractivity contribution >= 4 is 23.8 Å². The molecule has 186 valence electrons. The molecule has 0 heterocycles. The van der Waals surface area contributed by atoms with E-state index in [2.05, 4.69) is 10.6 Å². The quantitative estimate of drug-likeness (QED) is 0.204. The van der Waals surface area contributed by atoms with Gasteiger partial charge in [0.2, 0.25) is 0 Å². The number of carboxylic acid groups (broad SMARTS) is 1. The van der Waals surface area contributed by atoms with Crippen molar-refractivity contribution in [3.05, 3.63) is 101 Å². The predicted molar refractivity (Wildman–Crippen MR) is 132 cm³/mol. The molecule has 0 aliphatic heterocycles. The average molecular weight is 491 g/mol. The van der Waals surface area contributed by atoms with Crippen LogP contribution in [-0.2, 0) is 22.7 Å². The lowest BCUT2D eigenvalue weighted by atomic mass is 10.1. The lowest BCUT2D eigenvalue weighted by Gasteiger charge is -2.15. The number of alkyl carbamates (subject to hydrolysis) is 1. The Bertz CT molecular complexity index is 1210. The molecule has 10 heteroatoms. The van der Waals surface area contributed by atoms with E-state index in [1.54, 1.807) is 72.8 Å². The highest BCUT2D eigenvalue weighted by Crippen LogP contribution is 2.15. The molecule has 1 unspecified atom stereocenters. The van der Waals surface area contributed by atoms with E-state index >= 15 is 0 Å². The Morgan fingerprint density at radius 1 is 0.889 bits per heavy atom. The number of ether oxygens (including phenoxy) is 2. The van der Waals surface area contributed by atoms with Crippen molar-refractivity contribution in [1.29, 1.82) is 5.41 Å². The first-order valence-electron chi connectivity index (χ1n) is 11.0. The van der Waals surface area contributed by atoms with Crippen LogP contribution in [0.4, 0.5) is 4.79 Å². The van der Waals surface area contributed by atoms with Gasteiger partial charge in [-0.2, -0.15) is 0 Å². The van der Waals surface area contributed by atoms with E-state index < -0.39 is 24.0 Å². The molecule has 6 N–H and O–H groups in total. The summed E-state index contributed by atoms with van der Waals surface area (Å²) < 4.78 is 10.7. The van der Waals surface area contributed by atoms with Gasteiger partial charge in [0, 0.05) is 17.7 Å². The van der Waals surface area contributed by atoms with Crippen LogP contribution >= 0.6 is 0 Å². The van der Waals surface area contributed by atoms with E-state index in [1.807, 2.05) is 6.07 Å². The molecular weight excluding hydrogens is 464 g/mol. The molecule has 0 spiro atoms. The zero-order valence-electron chi connectivity index (χ0n) is 19.3. The van der Waals surface area contributed by atoms with E-state index in [4.69, 9.17) is 20.6 Å². The third-order valence-electron chi connectivity index (χ3n) is 5.03. The molecule has 0 radical (unpaired) electrons. The second-order valence-corrected chi connectivity index (χ2v) is 7.73. The molecule has 10 nitrogen and oxygen atoms in total. The van der Waals surface area contributed by atoms with Crippen LogP contribution in [0.2, 0.25) is 0 Å². The fourth-order valence-electron chi connectivity index (χ4n) is 3.10. The number of amidine groups is 1. The Kier molecular flexibility index (Phi) is 8.99. The number of rotatable bonds is 11. The fourth-order valence-corrected chi connectivity index (χ4v) is 3.10. The van der Waals surface area contributed by atoms with Crippen LogP contribution in [0, 0.1) is 5.41 Å². The maximum Gasteiger partial charge on any atom is 0.408 e. The number of carboxylic acids is 1. The first-order valence-corrected chi connectivity index (χ1v) is 11.0. The summed E-state index contributed by atoms with van der Waals surface area (Å²) in [5.41, 5.74) is 7.80.